The zero-order valence-electron chi connectivity index (χ0n) is 13.5. The van der Waals surface area contributed by atoms with Gasteiger partial charge in [-0.05, 0) is 18.9 Å². The number of nitrogens with one attached hydrogen (secondary N) is 2. The summed E-state index contributed by atoms with van der Waals surface area (Å²) < 4.78 is 12.2. The summed E-state index contributed by atoms with van der Waals surface area (Å²) in [5, 5.41) is 10.7. The number of guanidine groups is 1. The molecule has 0 saturated carbocycles. The van der Waals surface area contributed by atoms with E-state index in [0.29, 0.717) is 13.2 Å². The van der Waals surface area contributed by atoms with Gasteiger partial charge in [-0.25, -0.2) is 0 Å². The summed E-state index contributed by atoms with van der Waals surface area (Å²) in [5.74, 6) is 0.826. The molecular formula is C14H28IN5O2. The quantitative estimate of drug-likeness (QED) is 0.241. The first-order chi connectivity index (χ1) is 10.4. The minimum Gasteiger partial charge on any atom is -0.382 e. The number of aliphatic imine (C=N–C) groups is 1. The number of ether oxygens (including phenoxy) is 2. The summed E-state index contributed by atoms with van der Waals surface area (Å²) in [7, 11) is 3.45. The molecule has 2 N–H and O–H groups in total. The van der Waals surface area contributed by atoms with E-state index in [1.807, 2.05) is 16.9 Å². The molecule has 0 aliphatic carbocycles. The first kappa shape index (κ1) is 21.1. The number of nitrogens with zero attached hydrogens (tertiary/aromatic N) is 3. The van der Waals surface area contributed by atoms with Crippen LogP contribution in [0.25, 0.3) is 0 Å². The average Bonchev–Trinajstić information content (AvgIpc) is 3.01. The summed E-state index contributed by atoms with van der Waals surface area (Å²) >= 11 is 0. The Morgan fingerprint density at radius 2 is 1.95 bits per heavy atom. The minimum absolute atomic E-state index is 0. The van der Waals surface area contributed by atoms with Crippen molar-refractivity contribution in [3.05, 3.63) is 18.5 Å². The number of hydrogen-bond acceptors (Lipinski definition) is 4. The Balaban J connectivity index is 0.00000441. The Labute approximate surface area is 149 Å². The summed E-state index contributed by atoms with van der Waals surface area (Å²) in [6, 6.07) is 1.93. The molecule has 7 nitrogen and oxygen atoms in total. The van der Waals surface area contributed by atoms with E-state index in [2.05, 4.69) is 20.7 Å². The Hall–Kier alpha value is -0.870. The Kier molecular flexibility index (Phi) is 14.4. The second-order valence-corrected chi connectivity index (χ2v) is 4.51. The number of halogens is 1. The smallest absolute Gasteiger partial charge is 0.190 e. The maximum absolute atomic E-state index is 5.39. The predicted molar refractivity (Wildman–Crippen MR) is 98.9 cm³/mol. The van der Waals surface area contributed by atoms with Crippen molar-refractivity contribution in [1.29, 1.82) is 0 Å². The highest BCUT2D eigenvalue weighted by Gasteiger charge is 1.97. The molecule has 8 heteroatoms. The van der Waals surface area contributed by atoms with Gasteiger partial charge in [0.05, 0.1) is 13.2 Å². The fraction of sp³-hybridized carbons (Fsp3) is 0.714. The predicted octanol–water partition coefficient (Wildman–Crippen LogP) is 1.11. The maximum atomic E-state index is 5.39. The van der Waals surface area contributed by atoms with Crippen LogP contribution in [0.5, 0.6) is 0 Å². The summed E-state index contributed by atoms with van der Waals surface area (Å²) in [6.45, 7) is 4.64. The van der Waals surface area contributed by atoms with Crippen LogP contribution in [0.4, 0.5) is 0 Å². The number of rotatable bonds is 11. The number of hydrogen-bond donors (Lipinski definition) is 2. The van der Waals surface area contributed by atoms with Gasteiger partial charge in [0.25, 0.3) is 0 Å². The Morgan fingerprint density at radius 1 is 1.18 bits per heavy atom. The van der Waals surface area contributed by atoms with Gasteiger partial charge >= 0.3 is 0 Å². The van der Waals surface area contributed by atoms with E-state index < -0.39 is 0 Å². The monoisotopic (exact) mass is 425 g/mol. The minimum atomic E-state index is 0. The molecule has 0 aromatic carbocycles. The molecule has 1 aromatic heterocycles. The highest BCUT2D eigenvalue weighted by Crippen LogP contribution is 1.88. The van der Waals surface area contributed by atoms with Gasteiger partial charge in [0.15, 0.2) is 5.96 Å². The third-order valence-electron chi connectivity index (χ3n) is 2.83. The highest BCUT2D eigenvalue weighted by molar-refractivity contribution is 14.0. The topological polar surface area (TPSA) is 72.7 Å². The van der Waals surface area contributed by atoms with Crippen LogP contribution in [-0.4, -0.2) is 62.8 Å². The summed E-state index contributed by atoms with van der Waals surface area (Å²) in [5.41, 5.74) is 0. The standard InChI is InChI=1S/C14H27N5O2.HI/c1-15-14(17-7-5-11-21-13-12-20-2)16-6-3-9-19-10-4-8-18-19;/h4,8,10H,3,5-7,9,11-13H2,1-2H3,(H2,15,16,17);1H. The molecule has 0 aliphatic rings. The van der Waals surface area contributed by atoms with Gasteiger partial charge in [-0.1, -0.05) is 0 Å². The first-order valence-corrected chi connectivity index (χ1v) is 7.35. The second kappa shape index (κ2) is 15.0. The van der Waals surface area contributed by atoms with E-state index in [9.17, 15) is 0 Å². The van der Waals surface area contributed by atoms with Crippen LogP contribution < -0.4 is 10.6 Å². The van der Waals surface area contributed by atoms with E-state index >= 15 is 0 Å². The molecule has 22 heavy (non-hydrogen) atoms. The van der Waals surface area contributed by atoms with Gasteiger partial charge in [0.2, 0.25) is 0 Å². The van der Waals surface area contributed by atoms with Crippen molar-refractivity contribution in [2.24, 2.45) is 4.99 Å². The van der Waals surface area contributed by atoms with Gasteiger partial charge in [-0.3, -0.25) is 9.67 Å². The normalized spacial score (nSPS) is 11.1. The molecule has 0 amide bonds. The molecule has 0 aliphatic heterocycles. The van der Waals surface area contributed by atoms with E-state index in [1.54, 1.807) is 20.4 Å². The van der Waals surface area contributed by atoms with Crippen LogP contribution in [0.15, 0.2) is 23.5 Å². The lowest BCUT2D eigenvalue weighted by Gasteiger charge is -2.12. The molecular weight excluding hydrogens is 397 g/mol. The van der Waals surface area contributed by atoms with Crippen LogP contribution in [-0.2, 0) is 16.0 Å². The van der Waals surface area contributed by atoms with Crippen molar-refractivity contribution in [3.8, 4) is 0 Å². The second-order valence-electron chi connectivity index (χ2n) is 4.51. The summed E-state index contributed by atoms with van der Waals surface area (Å²) in [4.78, 5) is 4.18. The van der Waals surface area contributed by atoms with E-state index in [-0.39, 0.29) is 24.0 Å². The first-order valence-electron chi connectivity index (χ1n) is 7.35. The maximum Gasteiger partial charge on any atom is 0.190 e. The van der Waals surface area contributed by atoms with Crippen molar-refractivity contribution < 1.29 is 9.47 Å². The molecule has 1 aromatic rings. The van der Waals surface area contributed by atoms with Gasteiger partial charge < -0.3 is 20.1 Å². The van der Waals surface area contributed by atoms with Crippen molar-refractivity contribution in [2.75, 3.05) is 47.1 Å². The Bertz CT molecular complexity index is 373. The molecule has 0 saturated heterocycles. The van der Waals surface area contributed by atoms with Crippen LogP contribution in [0.2, 0.25) is 0 Å². The molecule has 1 rings (SSSR count). The number of aromatic nitrogens is 2. The van der Waals surface area contributed by atoms with Gasteiger partial charge in [-0.15, -0.1) is 24.0 Å². The molecule has 0 unspecified atom stereocenters. The molecule has 0 bridgehead atoms. The van der Waals surface area contributed by atoms with E-state index in [1.165, 1.54) is 0 Å². The fourth-order valence-corrected chi connectivity index (χ4v) is 1.73. The van der Waals surface area contributed by atoms with Gasteiger partial charge in [-0.2, -0.15) is 5.10 Å². The molecule has 0 fully saturated rings. The zero-order valence-corrected chi connectivity index (χ0v) is 15.8. The van der Waals surface area contributed by atoms with Crippen LogP contribution in [0.1, 0.15) is 12.8 Å². The van der Waals surface area contributed by atoms with Crippen LogP contribution >= 0.6 is 24.0 Å². The average molecular weight is 425 g/mol. The third kappa shape index (κ3) is 10.8. The van der Waals surface area contributed by atoms with E-state index in [4.69, 9.17) is 9.47 Å². The van der Waals surface area contributed by atoms with Crippen molar-refractivity contribution in [3.63, 3.8) is 0 Å². The lowest BCUT2D eigenvalue weighted by atomic mass is 10.4. The number of aryl methyl sites for hydroxylation is 1. The highest BCUT2D eigenvalue weighted by atomic mass is 127. The lowest BCUT2D eigenvalue weighted by molar-refractivity contribution is 0.0698. The molecule has 0 radical (unpaired) electrons. The number of methoxy groups -OCH3 is 1. The molecule has 0 spiro atoms. The van der Waals surface area contributed by atoms with Gasteiger partial charge in [0, 0.05) is 52.8 Å². The fourth-order valence-electron chi connectivity index (χ4n) is 1.73. The van der Waals surface area contributed by atoms with Crippen molar-refractivity contribution in [1.82, 2.24) is 20.4 Å². The van der Waals surface area contributed by atoms with Crippen molar-refractivity contribution in [2.45, 2.75) is 19.4 Å². The molecule has 0 atom stereocenters. The molecule has 128 valence electrons. The van der Waals surface area contributed by atoms with Gasteiger partial charge in [0.1, 0.15) is 0 Å². The van der Waals surface area contributed by atoms with E-state index in [0.717, 1.165) is 45.0 Å². The lowest BCUT2D eigenvalue weighted by Crippen LogP contribution is -2.38. The zero-order chi connectivity index (χ0) is 15.2. The van der Waals surface area contributed by atoms with Crippen LogP contribution in [0.3, 0.4) is 0 Å². The third-order valence-corrected chi connectivity index (χ3v) is 2.83. The Morgan fingerprint density at radius 3 is 2.59 bits per heavy atom. The molecule has 1 heterocycles. The SMILES string of the molecule is CN=C(NCCCOCCOC)NCCCn1cccn1.I. The largest absolute Gasteiger partial charge is 0.382 e. The summed E-state index contributed by atoms with van der Waals surface area (Å²) in [6.07, 6.45) is 5.71. The van der Waals surface area contributed by atoms with Crippen molar-refractivity contribution >= 4 is 29.9 Å². The van der Waals surface area contributed by atoms with Crippen LogP contribution in [0, 0.1) is 0 Å².